The smallest absolute Gasteiger partial charge is 0.159 e. The minimum atomic E-state index is 0.870. The molecule has 3 heteroatoms. The van der Waals surface area contributed by atoms with Gasteiger partial charge in [0, 0.05) is 37.2 Å². The highest BCUT2D eigenvalue weighted by Gasteiger charge is 2.28. The van der Waals surface area contributed by atoms with Crippen LogP contribution in [0.2, 0.25) is 0 Å². The Hall–Kier alpha value is -6.68. The highest BCUT2D eigenvalue weighted by Crippen LogP contribution is 2.53. The Labute approximate surface area is 310 Å². The van der Waals surface area contributed by atoms with Crippen molar-refractivity contribution in [2.24, 2.45) is 0 Å². The van der Waals surface area contributed by atoms with E-state index in [1.165, 1.54) is 58.4 Å². The third-order valence-electron chi connectivity index (χ3n) is 10.7. The molecule has 2 aromatic heterocycles. The summed E-state index contributed by atoms with van der Waals surface area (Å²) in [6.45, 7) is 0. The molecule has 0 aliphatic rings. The summed E-state index contributed by atoms with van der Waals surface area (Å²) in [4.78, 5) is 2.50. The molecule has 0 saturated carbocycles. The third kappa shape index (κ3) is 4.64. The van der Waals surface area contributed by atoms with Gasteiger partial charge in [-0.05, 0) is 57.1 Å². The number of benzene rings is 9. The summed E-state index contributed by atoms with van der Waals surface area (Å²) in [5.74, 6) is 0. The molecule has 248 valence electrons. The lowest BCUT2D eigenvalue weighted by molar-refractivity contribution is 0.669. The van der Waals surface area contributed by atoms with Gasteiger partial charge in [0.05, 0.1) is 21.8 Å². The van der Waals surface area contributed by atoms with Crippen LogP contribution in [0.4, 0.5) is 17.1 Å². The van der Waals surface area contributed by atoms with Gasteiger partial charge >= 0.3 is 0 Å². The zero-order chi connectivity index (χ0) is 34.9. The van der Waals surface area contributed by atoms with Gasteiger partial charge in [-0.3, -0.25) is 0 Å². The van der Waals surface area contributed by atoms with Gasteiger partial charge < -0.3 is 9.32 Å². The van der Waals surface area contributed by atoms with Crippen LogP contribution in [0.3, 0.4) is 0 Å². The van der Waals surface area contributed by atoms with Crippen molar-refractivity contribution in [3.63, 3.8) is 0 Å². The van der Waals surface area contributed by atoms with Crippen molar-refractivity contribution < 1.29 is 4.42 Å². The van der Waals surface area contributed by atoms with Crippen LogP contribution >= 0.6 is 11.3 Å². The fourth-order valence-electron chi connectivity index (χ4n) is 8.29. The van der Waals surface area contributed by atoms with E-state index in [0.29, 0.717) is 0 Å². The van der Waals surface area contributed by atoms with Crippen molar-refractivity contribution in [1.29, 1.82) is 0 Å². The number of para-hydroxylation sites is 2. The average Bonchev–Trinajstić information content (AvgIpc) is 3.81. The quantitative estimate of drug-likeness (QED) is 0.167. The number of furan rings is 1. The normalized spacial score (nSPS) is 11.8. The minimum absolute atomic E-state index is 0.870. The minimum Gasteiger partial charge on any atom is -0.454 e. The molecule has 0 saturated heterocycles. The molecule has 53 heavy (non-hydrogen) atoms. The summed E-state index contributed by atoms with van der Waals surface area (Å²) in [7, 11) is 0. The van der Waals surface area contributed by atoms with E-state index in [0.717, 1.165) is 44.6 Å². The van der Waals surface area contributed by atoms with E-state index in [4.69, 9.17) is 4.42 Å². The van der Waals surface area contributed by atoms with Crippen molar-refractivity contribution in [3.8, 4) is 22.3 Å². The highest BCUT2D eigenvalue weighted by atomic mass is 32.1. The number of thiophene rings is 1. The van der Waals surface area contributed by atoms with Crippen LogP contribution in [0.15, 0.2) is 192 Å². The van der Waals surface area contributed by atoms with Gasteiger partial charge in [-0.25, -0.2) is 0 Å². The van der Waals surface area contributed by atoms with Crippen LogP contribution in [0.1, 0.15) is 0 Å². The Bertz CT molecular complexity index is 3060. The van der Waals surface area contributed by atoms with Gasteiger partial charge in [0.25, 0.3) is 0 Å². The molecule has 0 spiro atoms. The number of anilines is 3. The molecule has 0 aliphatic carbocycles. The van der Waals surface area contributed by atoms with Crippen molar-refractivity contribution in [2.45, 2.75) is 0 Å². The molecule has 11 rings (SSSR count). The number of rotatable bonds is 5. The van der Waals surface area contributed by atoms with Crippen molar-refractivity contribution in [1.82, 2.24) is 0 Å². The van der Waals surface area contributed by atoms with Gasteiger partial charge in [0.1, 0.15) is 5.58 Å². The van der Waals surface area contributed by atoms with Gasteiger partial charge in [0.15, 0.2) is 5.58 Å². The average molecular weight is 694 g/mol. The van der Waals surface area contributed by atoms with E-state index in [2.05, 4.69) is 187 Å². The largest absolute Gasteiger partial charge is 0.454 e. The lowest BCUT2D eigenvalue weighted by atomic mass is 9.89. The Balaban J connectivity index is 1.31. The zero-order valence-corrected chi connectivity index (χ0v) is 29.5. The number of nitrogens with zero attached hydrogens (tertiary/aromatic N) is 1. The maximum absolute atomic E-state index is 6.85. The van der Waals surface area contributed by atoms with E-state index < -0.39 is 0 Å². The van der Waals surface area contributed by atoms with E-state index in [9.17, 15) is 0 Å². The fourth-order valence-corrected chi connectivity index (χ4v) is 9.50. The first kappa shape index (κ1) is 30.0. The van der Waals surface area contributed by atoms with Crippen LogP contribution < -0.4 is 4.90 Å². The monoisotopic (exact) mass is 693 g/mol. The van der Waals surface area contributed by atoms with Crippen molar-refractivity contribution >= 4 is 92.1 Å². The molecule has 0 radical (unpaired) electrons. The first-order valence-electron chi connectivity index (χ1n) is 18.0. The van der Waals surface area contributed by atoms with E-state index in [-0.39, 0.29) is 0 Å². The SMILES string of the molecule is c1ccc(-c2ccc(-c3c(N(c4cccc5c4oc4ccccc45)c4cccc5c4sc4ccccc45)c4ccccc4c4ccccc34)cc2)cc1. The molecule has 0 atom stereocenters. The van der Waals surface area contributed by atoms with E-state index in [1.807, 2.05) is 17.4 Å². The Morgan fingerprint density at radius 1 is 0.358 bits per heavy atom. The van der Waals surface area contributed by atoms with Crippen LogP contribution in [-0.2, 0) is 0 Å². The van der Waals surface area contributed by atoms with Gasteiger partial charge in [-0.15, -0.1) is 11.3 Å². The van der Waals surface area contributed by atoms with E-state index >= 15 is 0 Å². The summed E-state index contributed by atoms with van der Waals surface area (Å²) in [6.07, 6.45) is 0. The van der Waals surface area contributed by atoms with E-state index in [1.54, 1.807) is 0 Å². The molecular weight excluding hydrogens is 663 g/mol. The van der Waals surface area contributed by atoms with Gasteiger partial charge in [0.2, 0.25) is 0 Å². The second kappa shape index (κ2) is 11.9. The topological polar surface area (TPSA) is 16.4 Å². The Morgan fingerprint density at radius 3 is 1.70 bits per heavy atom. The second-order valence-corrected chi connectivity index (χ2v) is 14.6. The van der Waals surface area contributed by atoms with Gasteiger partial charge in [-0.1, -0.05) is 164 Å². The molecule has 2 heterocycles. The third-order valence-corrected chi connectivity index (χ3v) is 11.9. The number of hydrogen-bond acceptors (Lipinski definition) is 3. The van der Waals surface area contributed by atoms with Crippen LogP contribution in [0.5, 0.6) is 0 Å². The molecule has 11 aromatic rings. The molecule has 0 fully saturated rings. The Morgan fingerprint density at radius 2 is 0.906 bits per heavy atom. The summed E-state index contributed by atoms with van der Waals surface area (Å²) in [6, 6.07) is 67.9. The Kier molecular flexibility index (Phi) is 6.76. The lowest BCUT2D eigenvalue weighted by Crippen LogP contribution is -2.13. The second-order valence-electron chi connectivity index (χ2n) is 13.6. The first-order valence-corrected chi connectivity index (χ1v) is 18.8. The molecular formula is C50H31NOS. The molecule has 0 amide bonds. The number of hydrogen-bond donors (Lipinski definition) is 0. The highest BCUT2D eigenvalue weighted by molar-refractivity contribution is 7.26. The predicted molar refractivity (Wildman–Crippen MR) is 227 cm³/mol. The number of fused-ring (bicyclic) bond motifs is 9. The summed E-state index contributed by atoms with van der Waals surface area (Å²) in [5, 5.41) is 9.58. The maximum Gasteiger partial charge on any atom is 0.159 e. The predicted octanol–water partition coefficient (Wildman–Crippen LogP) is 15.1. The summed E-state index contributed by atoms with van der Waals surface area (Å²) >= 11 is 1.85. The molecule has 0 unspecified atom stereocenters. The molecule has 0 N–H and O–H groups in total. The van der Waals surface area contributed by atoms with Crippen LogP contribution in [0.25, 0.3) is 85.9 Å². The fraction of sp³-hybridized carbons (Fsp3) is 0. The molecule has 2 nitrogen and oxygen atoms in total. The van der Waals surface area contributed by atoms with Crippen LogP contribution in [-0.4, -0.2) is 0 Å². The van der Waals surface area contributed by atoms with Gasteiger partial charge in [-0.2, -0.15) is 0 Å². The summed E-state index contributed by atoms with van der Waals surface area (Å²) in [5.41, 5.74) is 9.76. The van der Waals surface area contributed by atoms with Crippen LogP contribution in [0, 0.1) is 0 Å². The summed E-state index contributed by atoms with van der Waals surface area (Å²) < 4.78 is 9.37. The van der Waals surface area contributed by atoms with Crippen molar-refractivity contribution in [2.75, 3.05) is 4.90 Å². The molecule has 0 aliphatic heterocycles. The molecule has 0 bridgehead atoms. The molecule has 9 aromatic carbocycles. The lowest BCUT2D eigenvalue weighted by Gasteiger charge is -2.31. The zero-order valence-electron chi connectivity index (χ0n) is 28.7. The van der Waals surface area contributed by atoms with Crippen molar-refractivity contribution in [3.05, 3.63) is 188 Å². The standard InChI is InChI=1S/C50H31NOS/c1-2-14-32(15-3-1)33-28-30-34(31-29-33)47-39-20-6-4-16-35(39)36-17-5-7-21-40(36)48(47)51(43-24-12-22-41-37-18-8-10-26-45(37)52-49(41)43)44-25-13-23-42-38-19-9-11-27-46(38)53-50(42)44/h1-31H. The first-order chi connectivity index (χ1) is 26.3. The maximum atomic E-state index is 6.85.